The first-order valence-corrected chi connectivity index (χ1v) is 5.12. The highest BCUT2D eigenvalue weighted by Gasteiger charge is 2.12. The zero-order valence-corrected chi connectivity index (χ0v) is 9.51. The van der Waals surface area contributed by atoms with Gasteiger partial charge >= 0.3 is 0 Å². The van der Waals surface area contributed by atoms with Crippen LogP contribution in [0.4, 0.5) is 5.69 Å². The molecule has 0 heterocycles. The van der Waals surface area contributed by atoms with Gasteiger partial charge in [-0.15, -0.1) is 0 Å². The molecule has 0 bridgehead atoms. The summed E-state index contributed by atoms with van der Waals surface area (Å²) in [6, 6.07) is 5.85. The smallest absolute Gasteiger partial charge is 0.0373 e. The van der Waals surface area contributed by atoms with Crippen LogP contribution < -0.4 is 11.5 Å². The molecule has 1 rings (SSSR count). The molecule has 13 heavy (non-hydrogen) atoms. The molecule has 0 aliphatic carbocycles. The lowest BCUT2D eigenvalue weighted by atomic mass is 9.96. The van der Waals surface area contributed by atoms with E-state index in [-0.39, 0.29) is 6.04 Å². The third-order valence-electron chi connectivity index (χ3n) is 2.13. The van der Waals surface area contributed by atoms with E-state index in [9.17, 15) is 0 Å². The topological polar surface area (TPSA) is 52.0 Å². The minimum Gasteiger partial charge on any atom is -0.398 e. The number of halogens is 1. The Kier molecular flexibility index (Phi) is 3.33. The number of benzene rings is 1. The van der Waals surface area contributed by atoms with Crippen LogP contribution in [0.3, 0.4) is 0 Å². The van der Waals surface area contributed by atoms with E-state index in [1.165, 1.54) is 0 Å². The summed E-state index contributed by atoms with van der Waals surface area (Å²) in [5.74, 6) is 0.406. The lowest BCUT2D eigenvalue weighted by Gasteiger charge is -2.18. The van der Waals surface area contributed by atoms with Crippen molar-refractivity contribution < 1.29 is 0 Å². The van der Waals surface area contributed by atoms with Crippen LogP contribution >= 0.6 is 15.9 Å². The zero-order valence-electron chi connectivity index (χ0n) is 7.92. The van der Waals surface area contributed by atoms with Crippen LogP contribution in [0.2, 0.25) is 0 Å². The number of hydrogen-bond acceptors (Lipinski definition) is 2. The third-order valence-corrected chi connectivity index (χ3v) is 2.62. The summed E-state index contributed by atoms with van der Waals surface area (Å²) < 4.78 is 0.990. The minimum absolute atomic E-state index is 0.0214. The number of rotatable bonds is 2. The molecular weight excluding hydrogens is 228 g/mol. The first kappa shape index (κ1) is 10.5. The van der Waals surface area contributed by atoms with Gasteiger partial charge in [0, 0.05) is 16.2 Å². The van der Waals surface area contributed by atoms with Crippen LogP contribution in [0.5, 0.6) is 0 Å². The molecule has 3 heteroatoms. The molecule has 0 aromatic heterocycles. The summed E-state index contributed by atoms with van der Waals surface area (Å²) in [7, 11) is 0. The van der Waals surface area contributed by atoms with Gasteiger partial charge in [-0.1, -0.05) is 35.8 Å². The molecule has 0 aliphatic rings. The Bertz CT molecular complexity index is 297. The molecule has 4 N–H and O–H groups in total. The van der Waals surface area contributed by atoms with Crippen molar-refractivity contribution in [3.05, 3.63) is 28.2 Å². The quantitative estimate of drug-likeness (QED) is 0.784. The fourth-order valence-electron chi connectivity index (χ4n) is 1.21. The van der Waals surface area contributed by atoms with Gasteiger partial charge in [-0.3, -0.25) is 0 Å². The van der Waals surface area contributed by atoms with Crippen molar-refractivity contribution in [3.63, 3.8) is 0 Å². The number of anilines is 1. The highest BCUT2D eigenvalue weighted by Crippen LogP contribution is 2.26. The van der Waals surface area contributed by atoms with Crippen molar-refractivity contribution in [1.82, 2.24) is 0 Å². The molecule has 1 aromatic carbocycles. The Morgan fingerprint density at radius 1 is 1.31 bits per heavy atom. The van der Waals surface area contributed by atoms with Gasteiger partial charge in [-0.2, -0.15) is 0 Å². The van der Waals surface area contributed by atoms with Gasteiger partial charge in [-0.05, 0) is 23.6 Å². The average molecular weight is 243 g/mol. The van der Waals surface area contributed by atoms with E-state index < -0.39 is 0 Å². The van der Waals surface area contributed by atoms with Crippen LogP contribution in [0.1, 0.15) is 25.5 Å². The maximum absolute atomic E-state index is 5.99. The Hall–Kier alpha value is -0.540. The molecule has 1 atom stereocenters. The predicted octanol–water partition coefficient (Wildman–Crippen LogP) is 2.69. The van der Waals surface area contributed by atoms with Crippen molar-refractivity contribution in [2.75, 3.05) is 5.73 Å². The van der Waals surface area contributed by atoms with Crippen molar-refractivity contribution in [3.8, 4) is 0 Å². The van der Waals surface area contributed by atoms with Gasteiger partial charge in [-0.25, -0.2) is 0 Å². The molecule has 2 nitrogen and oxygen atoms in total. The fourth-order valence-corrected chi connectivity index (χ4v) is 1.59. The van der Waals surface area contributed by atoms with Crippen molar-refractivity contribution in [2.45, 2.75) is 19.9 Å². The summed E-state index contributed by atoms with van der Waals surface area (Å²) in [5, 5.41) is 0. The standard InChI is InChI=1S/C10H15BrN2/c1-6(2)10(13)8-4-3-7(11)5-9(8)12/h3-6,10H,12-13H2,1-2H3/t10-/m1/s1. The molecule has 0 radical (unpaired) electrons. The first-order valence-electron chi connectivity index (χ1n) is 4.33. The Labute approximate surface area is 87.4 Å². The summed E-state index contributed by atoms with van der Waals surface area (Å²) in [6.07, 6.45) is 0. The molecule has 0 fully saturated rings. The summed E-state index contributed by atoms with van der Waals surface area (Å²) >= 11 is 3.36. The van der Waals surface area contributed by atoms with Gasteiger partial charge in [0.1, 0.15) is 0 Å². The van der Waals surface area contributed by atoms with Gasteiger partial charge < -0.3 is 11.5 Å². The van der Waals surface area contributed by atoms with Gasteiger partial charge in [0.05, 0.1) is 0 Å². The predicted molar refractivity (Wildman–Crippen MR) is 60.3 cm³/mol. The molecule has 0 amide bonds. The first-order chi connectivity index (χ1) is 6.02. The van der Waals surface area contributed by atoms with Crippen molar-refractivity contribution >= 4 is 21.6 Å². The number of nitrogens with two attached hydrogens (primary N) is 2. The van der Waals surface area contributed by atoms with E-state index in [1.54, 1.807) is 0 Å². The summed E-state index contributed by atoms with van der Waals surface area (Å²) in [6.45, 7) is 4.18. The second kappa shape index (κ2) is 4.11. The summed E-state index contributed by atoms with van der Waals surface area (Å²) in [5.41, 5.74) is 13.6. The monoisotopic (exact) mass is 242 g/mol. The second-order valence-electron chi connectivity index (χ2n) is 3.54. The van der Waals surface area contributed by atoms with Gasteiger partial charge in [0.25, 0.3) is 0 Å². The second-order valence-corrected chi connectivity index (χ2v) is 4.46. The lowest BCUT2D eigenvalue weighted by Crippen LogP contribution is -2.18. The minimum atomic E-state index is 0.0214. The Balaban J connectivity index is 3.01. The maximum Gasteiger partial charge on any atom is 0.0373 e. The molecule has 1 aromatic rings. The van der Waals surface area contributed by atoms with E-state index in [0.717, 1.165) is 15.7 Å². The SMILES string of the molecule is CC(C)[C@@H](N)c1ccc(Br)cc1N. The van der Waals surface area contributed by atoms with Crippen LogP contribution in [-0.2, 0) is 0 Å². The highest BCUT2D eigenvalue weighted by atomic mass is 79.9. The van der Waals surface area contributed by atoms with E-state index in [4.69, 9.17) is 11.5 Å². The fraction of sp³-hybridized carbons (Fsp3) is 0.400. The van der Waals surface area contributed by atoms with Gasteiger partial charge in [0.2, 0.25) is 0 Å². The van der Waals surface area contributed by atoms with E-state index >= 15 is 0 Å². The van der Waals surface area contributed by atoms with Crippen molar-refractivity contribution in [1.29, 1.82) is 0 Å². The van der Waals surface area contributed by atoms with E-state index in [1.807, 2.05) is 18.2 Å². The zero-order chi connectivity index (χ0) is 10.0. The van der Waals surface area contributed by atoms with Crippen LogP contribution in [0.25, 0.3) is 0 Å². The molecule has 0 saturated heterocycles. The normalized spacial score (nSPS) is 13.3. The number of hydrogen-bond donors (Lipinski definition) is 2. The van der Waals surface area contributed by atoms with Gasteiger partial charge in [0.15, 0.2) is 0 Å². The molecule has 0 aliphatic heterocycles. The van der Waals surface area contributed by atoms with Crippen molar-refractivity contribution in [2.24, 2.45) is 11.7 Å². The van der Waals surface area contributed by atoms with E-state index in [2.05, 4.69) is 29.8 Å². The average Bonchev–Trinajstić information content (AvgIpc) is 2.03. The third kappa shape index (κ3) is 2.45. The largest absolute Gasteiger partial charge is 0.398 e. The Morgan fingerprint density at radius 2 is 1.92 bits per heavy atom. The molecular formula is C10H15BrN2. The summed E-state index contributed by atoms with van der Waals surface area (Å²) in [4.78, 5) is 0. The Morgan fingerprint density at radius 3 is 2.38 bits per heavy atom. The van der Waals surface area contributed by atoms with Crippen LogP contribution in [-0.4, -0.2) is 0 Å². The number of nitrogen functional groups attached to an aromatic ring is 1. The molecule has 0 saturated carbocycles. The van der Waals surface area contributed by atoms with Crippen LogP contribution in [0, 0.1) is 5.92 Å². The molecule has 72 valence electrons. The maximum atomic E-state index is 5.99. The van der Waals surface area contributed by atoms with E-state index in [0.29, 0.717) is 5.92 Å². The van der Waals surface area contributed by atoms with Crippen LogP contribution in [0.15, 0.2) is 22.7 Å². The molecule has 0 spiro atoms. The lowest BCUT2D eigenvalue weighted by molar-refractivity contribution is 0.515. The highest BCUT2D eigenvalue weighted by molar-refractivity contribution is 9.10. The molecule has 0 unspecified atom stereocenters.